The summed E-state index contributed by atoms with van der Waals surface area (Å²) in [6.45, 7) is 2.83. The number of ether oxygens (including phenoxy) is 2. The number of carbonyl (C=O) groups is 1. The lowest BCUT2D eigenvalue weighted by Gasteiger charge is -2.11. The van der Waals surface area contributed by atoms with E-state index in [1.807, 2.05) is 6.92 Å². The fourth-order valence-corrected chi connectivity index (χ4v) is 1.92. The molecule has 0 aromatic heterocycles. The van der Waals surface area contributed by atoms with Crippen LogP contribution in [0.4, 0.5) is 0 Å². The van der Waals surface area contributed by atoms with Gasteiger partial charge < -0.3 is 19.9 Å². The molecule has 0 fully saturated rings. The molecule has 1 rings (SSSR count). The molecule has 0 radical (unpaired) electrons. The molecule has 0 heterocycles. The topological polar surface area (TPSA) is 67.8 Å². The van der Waals surface area contributed by atoms with E-state index >= 15 is 0 Å². The first-order valence-corrected chi connectivity index (χ1v) is 7.07. The predicted octanol–water partition coefficient (Wildman–Crippen LogP) is 2.26. The quantitative estimate of drug-likeness (QED) is 0.570. The summed E-state index contributed by atoms with van der Waals surface area (Å²) in [7, 11) is 1.53. The molecular formula is C15H20ClNO4. The highest BCUT2D eigenvalue weighted by atomic mass is 35.5. The van der Waals surface area contributed by atoms with Crippen molar-refractivity contribution in [1.29, 1.82) is 0 Å². The smallest absolute Gasteiger partial charge is 0.244 e. The first-order chi connectivity index (χ1) is 10.1. The Labute approximate surface area is 129 Å². The van der Waals surface area contributed by atoms with Crippen LogP contribution in [0.25, 0.3) is 6.08 Å². The van der Waals surface area contributed by atoms with Crippen molar-refractivity contribution in [3.63, 3.8) is 0 Å². The van der Waals surface area contributed by atoms with E-state index in [9.17, 15) is 4.79 Å². The molecule has 0 bridgehead atoms. The van der Waals surface area contributed by atoms with Crippen LogP contribution < -0.4 is 14.8 Å². The van der Waals surface area contributed by atoms with Crippen LogP contribution in [0, 0.1) is 0 Å². The fraction of sp³-hybridized carbons (Fsp3) is 0.400. The van der Waals surface area contributed by atoms with Crippen molar-refractivity contribution in [3.05, 3.63) is 28.8 Å². The summed E-state index contributed by atoms with van der Waals surface area (Å²) in [6, 6.07) is 3.45. The lowest BCUT2D eigenvalue weighted by Crippen LogP contribution is -2.22. The highest BCUT2D eigenvalue weighted by Gasteiger charge is 2.10. The molecule has 0 aliphatic carbocycles. The first-order valence-electron chi connectivity index (χ1n) is 6.69. The van der Waals surface area contributed by atoms with E-state index in [0.29, 0.717) is 36.1 Å². The SMILES string of the molecule is CCOc1c(Cl)cc(/C=C/C(=O)NCCCO)cc1OC. The van der Waals surface area contributed by atoms with Gasteiger partial charge in [0.2, 0.25) is 5.91 Å². The van der Waals surface area contributed by atoms with Gasteiger partial charge in [0.1, 0.15) is 0 Å². The number of carbonyl (C=O) groups excluding carboxylic acids is 1. The van der Waals surface area contributed by atoms with Crippen LogP contribution in [-0.4, -0.2) is 37.9 Å². The number of methoxy groups -OCH3 is 1. The summed E-state index contributed by atoms with van der Waals surface area (Å²) in [6.07, 6.45) is 3.57. The molecule has 0 aliphatic heterocycles. The third-order valence-electron chi connectivity index (χ3n) is 2.60. The van der Waals surface area contributed by atoms with Crippen LogP contribution >= 0.6 is 11.6 Å². The molecular weight excluding hydrogens is 294 g/mol. The fourth-order valence-electron chi connectivity index (χ4n) is 1.64. The van der Waals surface area contributed by atoms with E-state index < -0.39 is 0 Å². The van der Waals surface area contributed by atoms with Crippen LogP contribution in [0.2, 0.25) is 5.02 Å². The molecule has 0 atom stereocenters. The number of rotatable bonds is 8. The maximum Gasteiger partial charge on any atom is 0.244 e. The van der Waals surface area contributed by atoms with Gasteiger partial charge in [0.25, 0.3) is 0 Å². The lowest BCUT2D eigenvalue weighted by molar-refractivity contribution is -0.116. The average Bonchev–Trinajstić information content (AvgIpc) is 2.47. The van der Waals surface area contributed by atoms with Gasteiger partial charge in [0.15, 0.2) is 11.5 Å². The van der Waals surface area contributed by atoms with Gasteiger partial charge in [-0.25, -0.2) is 0 Å². The third kappa shape index (κ3) is 5.65. The van der Waals surface area contributed by atoms with Crippen molar-refractivity contribution in [2.45, 2.75) is 13.3 Å². The number of benzene rings is 1. The Morgan fingerprint density at radius 3 is 2.86 bits per heavy atom. The number of halogens is 1. The van der Waals surface area contributed by atoms with E-state index in [2.05, 4.69) is 5.32 Å². The minimum atomic E-state index is -0.229. The maximum absolute atomic E-state index is 11.5. The highest BCUT2D eigenvalue weighted by Crippen LogP contribution is 2.36. The minimum Gasteiger partial charge on any atom is -0.493 e. The molecule has 0 aliphatic rings. The van der Waals surface area contributed by atoms with Crippen LogP contribution in [0.15, 0.2) is 18.2 Å². The van der Waals surface area contributed by atoms with Gasteiger partial charge >= 0.3 is 0 Å². The van der Waals surface area contributed by atoms with Crippen LogP contribution in [0.1, 0.15) is 18.9 Å². The molecule has 6 heteroatoms. The Bertz CT molecular complexity index is 503. The van der Waals surface area contributed by atoms with Gasteiger partial charge in [-0.05, 0) is 37.1 Å². The predicted molar refractivity (Wildman–Crippen MR) is 82.9 cm³/mol. The zero-order valence-electron chi connectivity index (χ0n) is 12.2. The van der Waals surface area contributed by atoms with Crippen LogP contribution in [0.5, 0.6) is 11.5 Å². The van der Waals surface area contributed by atoms with Crippen molar-refractivity contribution in [1.82, 2.24) is 5.32 Å². The average molecular weight is 314 g/mol. The zero-order chi connectivity index (χ0) is 15.7. The molecule has 0 saturated heterocycles. The maximum atomic E-state index is 11.5. The molecule has 0 saturated carbocycles. The Morgan fingerprint density at radius 2 is 2.24 bits per heavy atom. The number of amides is 1. The third-order valence-corrected chi connectivity index (χ3v) is 2.88. The van der Waals surface area contributed by atoms with E-state index in [1.165, 1.54) is 13.2 Å². The normalized spacial score (nSPS) is 10.7. The molecule has 0 unspecified atom stereocenters. The molecule has 116 valence electrons. The number of nitrogens with one attached hydrogen (secondary N) is 1. The van der Waals surface area contributed by atoms with Crippen molar-refractivity contribution < 1.29 is 19.4 Å². The van der Waals surface area contributed by atoms with Crippen molar-refractivity contribution in [3.8, 4) is 11.5 Å². The van der Waals surface area contributed by atoms with Gasteiger partial charge in [-0.1, -0.05) is 11.6 Å². The van der Waals surface area contributed by atoms with Gasteiger partial charge in [-0.3, -0.25) is 4.79 Å². The summed E-state index contributed by atoms with van der Waals surface area (Å²) in [5.41, 5.74) is 0.734. The monoisotopic (exact) mass is 313 g/mol. The summed E-state index contributed by atoms with van der Waals surface area (Å²) in [5, 5.41) is 11.7. The molecule has 1 aromatic rings. The number of hydrogen-bond donors (Lipinski definition) is 2. The summed E-state index contributed by atoms with van der Waals surface area (Å²) < 4.78 is 10.7. The summed E-state index contributed by atoms with van der Waals surface area (Å²) in [5.74, 6) is 0.781. The van der Waals surface area contributed by atoms with Gasteiger partial charge in [0.05, 0.1) is 18.7 Å². The largest absolute Gasteiger partial charge is 0.493 e. The second-order valence-corrected chi connectivity index (χ2v) is 4.58. The van der Waals surface area contributed by atoms with E-state index in [1.54, 1.807) is 18.2 Å². The molecule has 1 aromatic carbocycles. The van der Waals surface area contributed by atoms with Crippen LogP contribution in [0.3, 0.4) is 0 Å². The van der Waals surface area contributed by atoms with Crippen LogP contribution in [-0.2, 0) is 4.79 Å². The lowest BCUT2D eigenvalue weighted by atomic mass is 10.2. The van der Waals surface area contributed by atoms with Crippen molar-refractivity contribution in [2.24, 2.45) is 0 Å². The molecule has 0 spiro atoms. The first kappa shape index (κ1) is 17.3. The van der Waals surface area contributed by atoms with Gasteiger partial charge in [-0.15, -0.1) is 0 Å². The molecule has 2 N–H and O–H groups in total. The summed E-state index contributed by atoms with van der Waals surface area (Å²) in [4.78, 5) is 11.5. The Hall–Kier alpha value is -1.72. The second-order valence-electron chi connectivity index (χ2n) is 4.17. The highest BCUT2D eigenvalue weighted by molar-refractivity contribution is 6.32. The van der Waals surface area contributed by atoms with E-state index in [0.717, 1.165) is 5.56 Å². The summed E-state index contributed by atoms with van der Waals surface area (Å²) >= 11 is 6.14. The minimum absolute atomic E-state index is 0.0513. The van der Waals surface area contributed by atoms with E-state index in [4.69, 9.17) is 26.2 Å². The molecule has 5 nitrogen and oxygen atoms in total. The van der Waals surface area contributed by atoms with Gasteiger partial charge in [0, 0.05) is 19.2 Å². The Morgan fingerprint density at radius 1 is 1.48 bits per heavy atom. The van der Waals surface area contributed by atoms with E-state index in [-0.39, 0.29) is 12.5 Å². The standard InChI is InChI=1S/C15H20ClNO4/c1-3-21-15-12(16)9-11(10-13(15)20-2)5-6-14(19)17-7-4-8-18/h5-6,9-10,18H,3-4,7-8H2,1-2H3,(H,17,19)/b6-5+. The number of aliphatic hydroxyl groups excluding tert-OH is 1. The molecule has 1 amide bonds. The van der Waals surface area contributed by atoms with Crippen molar-refractivity contribution in [2.75, 3.05) is 26.9 Å². The number of hydrogen-bond acceptors (Lipinski definition) is 4. The second kappa shape index (κ2) is 9.26. The number of aliphatic hydroxyl groups is 1. The molecule has 21 heavy (non-hydrogen) atoms. The zero-order valence-corrected chi connectivity index (χ0v) is 12.9. The Balaban J connectivity index is 2.79. The van der Waals surface area contributed by atoms with Crippen molar-refractivity contribution >= 4 is 23.6 Å². The van der Waals surface area contributed by atoms with Gasteiger partial charge in [-0.2, -0.15) is 0 Å². The Kier molecular flexibility index (Phi) is 7.64.